The molecule has 0 radical (unpaired) electrons. The molecule has 0 bridgehead atoms. The SMILES string of the molecule is CCCC1CCC(C#N)C(Oc2ccc(F)cc2)C1. The maximum absolute atomic E-state index is 12.9. The van der Waals surface area contributed by atoms with Gasteiger partial charge >= 0.3 is 0 Å². The zero-order valence-electron chi connectivity index (χ0n) is 11.3. The average molecular weight is 261 g/mol. The number of benzene rings is 1. The molecule has 1 saturated carbocycles. The van der Waals surface area contributed by atoms with Gasteiger partial charge < -0.3 is 4.74 Å². The fourth-order valence-electron chi connectivity index (χ4n) is 2.85. The first-order valence-electron chi connectivity index (χ1n) is 7.04. The van der Waals surface area contributed by atoms with Gasteiger partial charge in [0.25, 0.3) is 0 Å². The standard InChI is InChI=1S/C16H20FNO/c1-2-3-12-4-5-13(11-18)16(10-12)19-15-8-6-14(17)7-9-15/h6-9,12-13,16H,2-5,10H2,1H3. The van der Waals surface area contributed by atoms with Gasteiger partial charge in [0.2, 0.25) is 0 Å². The lowest BCUT2D eigenvalue weighted by molar-refractivity contribution is 0.0874. The Labute approximate surface area is 114 Å². The zero-order valence-corrected chi connectivity index (χ0v) is 11.3. The second kappa shape index (κ2) is 6.56. The Hall–Kier alpha value is -1.56. The van der Waals surface area contributed by atoms with Crippen LogP contribution in [-0.2, 0) is 0 Å². The first-order valence-corrected chi connectivity index (χ1v) is 7.04. The molecule has 2 rings (SSSR count). The van der Waals surface area contributed by atoms with E-state index in [2.05, 4.69) is 13.0 Å². The van der Waals surface area contributed by atoms with Gasteiger partial charge in [-0.2, -0.15) is 5.26 Å². The summed E-state index contributed by atoms with van der Waals surface area (Å²) in [4.78, 5) is 0. The molecule has 3 unspecified atom stereocenters. The minimum absolute atomic E-state index is 0.0434. The molecule has 1 aromatic carbocycles. The first kappa shape index (κ1) is 13.9. The lowest BCUT2D eigenvalue weighted by atomic mass is 9.78. The van der Waals surface area contributed by atoms with Crippen molar-refractivity contribution in [3.8, 4) is 11.8 Å². The molecule has 1 fully saturated rings. The summed E-state index contributed by atoms with van der Waals surface area (Å²) in [6.45, 7) is 2.19. The maximum Gasteiger partial charge on any atom is 0.123 e. The molecule has 1 aliphatic rings. The van der Waals surface area contributed by atoms with Crippen molar-refractivity contribution in [3.63, 3.8) is 0 Å². The van der Waals surface area contributed by atoms with Crippen LogP contribution < -0.4 is 4.74 Å². The summed E-state index contributed by atoms with van der Waals surface area (Å²) in [7, 11) is 0. The Morgan fingerprint density at radius 2 is 2.05 bits per heavy atom. The molecule has 0 amide bonds. The van der Waals surface area contributed by atoms with Crippen LogP contribution in [0.3, 0.4) is 0 Å². The van der Waals surface area contributed by atoms with Gasteiger partial charge in [0, 0.05) is 0 Å². The third kappa shape index (κ3) is 3.70. The summed E-state index contributed by atoms with van der Waals surface area (Å²) in [6.07, 6.45) is 5.28. The average Bonchev–Trinajstić information content (AvgIpc) is 2.42. The molecule has 3 heteroatoms. The topological polar surface area (TPSA) is 33.0 Å². The molecule has 0 saturated heterocycles. The van der Waals surface area contributed by atoms with E-state index in [0.717, 1.165) is 19.3 Å². The van der Waals surface area contributed by atoms with Gasteiger partial charge in [-0.1, -0.05) is 19.8 Å². The smallest absolute Gasteiger partial charge is 0.123 e. The van der Waals surface area contributed by atoms with E-state index in [0.29, 0.717) is 11.7 Å². The van der Waals surface area contributed by atoms with E-state index in [1.54, 1.807) is 12.1 Å². The van der Waals surface area contributed by atoms with Gasteiger partial charge in [0.05, 0.1) is 12.0 Å². The lowest BCUT2D eigenvalue weighted by Crippen LogP contribution is -2.33. The summed E-state index contributed by atoms with van der Waals surface area (Å²) in [5, 5.41) is 9.21. The molecule has 0 spiro atoms. The highest BCUT2D eigenvalue weighted by molar-refractivity contribution is 5.22. The van der Waals surface area contributed by atoms with Crippen LogP contribution in [0.2, 0.25) is 0 Å². The summed E-state index contributed by atoms with van der Waals surface area (Å²) in [5.74, 6) is 0.999. The molecule has 102 valence electrons. The molecule has 0 heterocycles. The predicted octanol–water partition coefficient (Wildman–Crippen LogP) is 4.31. The van der Waals surface area contributed by atoms with Crippen molar-refractivity contribution in [2.24, 2.45) is 11.8 Å². The summed E-state index contributed by atoms with van der Waals surface area (Å²) in [6, 6.07) is 8.40. The number of halogens is 1. The molecule has 1 aromatic rings. The number of hydrogen-bond acceptors (Lipinski definition) is 2. The van der Waals surface area contributed by atoms with Gasteiger partial charge in [-0.3, -0.25) is 0 Å². The minimum Gasteiger partial charge on any atom is -0.489 e. The van der Waals surface area contributed by atoms with Gasteiger partial charge in [0.1, 0.15) is 17.7 Å². The van der Waals surface area contributed by atoms with Crippen molar-refractivity contribution < 1.29 is 9.13 Å². The first-order chi connectivity index (χ1) is 9.22. The van der Waals surface area contributed by atoms with Crippen molar-refractivity contribution in [1.29, 1.82) is 5.26 Å². The molecule has 0 aromatic heterocycles. The van der Waals surface area contributed by atoms with Gasteiger partial charge in [0.15, 0.2) is 0 Å². The molecule has 2 nitrogen and oxygen atoms in total. The number of rotatable bonds is 4. The second-order valence-electron chi connectivity index (χ2n) is 5.31. The normalized spacial score (nSPS) is 26.7. The highest BCUT2D eigenvalue weighted by atomic mass is 19.1. The second-order valence-corrected chi connectivity index (χ2v) is 5.31. The highest BCUT2D eigenvalue weighted by Gasteiger charge is 2.31. The van der Waals surface area contributed by atoms with Crippen LogP contribution in [0.5, 0.6) is 5.75 Å². The lowest BCUT2D eigenvalue weighted by Gasteiger charge is -2.32. The van der Waals surface area contributed by atoms with E-state index >= 15 is 0 Å². The summed E-state index contributed by atoms with van der Waals surface area (Å²) < 4.78 is 18.8. The predicted molar refractivity (Wildman–Crippen MR) is 72.2 cm³/mol. The van der Waals surface area contributed by atoms with Crippen LogP contribution in [0.25, 0.3) is 0 Å². The number of ether oxygens (including phenoxy) is 1. The van der Waals surface area contributed by atoms with E-state index in [1.807, 2.05) is 0 Å². The van der Waals surface area contributed by atoms with Gasteiger partial charge in [-0.25, -0.2) is 4.39 Å². The van der Waals surface area contributed by atoms with Crippen molar-refractivity contribution in [1.82, 2.24) is 0 Å². The largest absolute Gasteiger partial charge is 0.489 e. The van der Waals surface area contributed by atoms with Crippen molar-refractivity contribution in [2.45, 2.75) is 45.1 Å². The van der Waals surface area contributed by atoms with Crippen LogP contribution in [0.15, 0.2) is 24.3 Å². The van der Waals surface area contributed by atoms with Crippen LogP contribution in [-0.4, -0.2) is 6.10 Å². The Morgan fingerprint density at radius 3 is 2.68 bits per heavy atom. The minimum atomic E-state index is -0.267. The third-order valence-corrected chi connectivity index (χ3v) is 3.86. The van der Waals surface area contributed by atoms with Gasteiger partial charge in [-0.15, -0.1) is 0 Å². The molecular formula is C16H20FNO. The van der Waals surface area contributed by atoms with Crippen molar-refractivity contribution in [2.75, 3.05) is 0 Å². The number of nitriles is 1. The number of nitrogens with zero attached hydrogens (tertiary/aromatic N) is 1. The third-order valence-electron chi connectivity index (χ3n) is 3.86. The van der Waals surface area contributed by atoms with Crippen LogP contribution in [0, 0.1) is 29.0 Å². The van der Waals surface area contributed by atoms with Crippen LogP contribution in [0.1, 0.15) is 39.0 Å². The monoisotopic (exact) mass is 261 g/mol. The Kier molecular flexibility index (Phi) is 4.79. The molecule has 0 N–H and O–H groups in total. The number of hydrogen-bond donors (Lipinski definition) is 0. The highest BCUT2D eigenvalue weighted by Crippen LogP contribution is 2.34. The van der Waals surface area contributed by atoms with Crippen LogP contribution >= 0.6 is 0 Å². The fraction of sp³-hybridized carbons (Fsp3) is 0.562. The van der Waals surface area contributed by atoms with Crippen molar-refractivity contribution in [3.05, 3.63) is 30.1 Å². The zero-order chi connectivity index (χ0) is 13.7. The van der Waals surface area contributed by atoms with E-state index in [9.17, 15) is 9.65 Å². The fourth-order valence-corrected chi connectivity index (χ4v) is 2.85. The molecule has 0 aliphatic heterocycles. The summed E-state index contributed by atoms with van der Waals surface area (Å²) >= 11 is 0. The molecule has 3 atom stereocenters. The molecular weight excluding hydrogens is 241 g/mol. The van der Waals surface area contributed by atoms with Crippen molar-refractivity contribution >= 4 is 0 Å². The van der Waals surface area contributed by atoms with E-state index in [4.69, 9.17) is 4.74 Å². The molecule has 1 aliphatic carbocycles. The summed E-state index contributed by atoms with van der Waals surface area (Å²) in [5.41, 5.74) is 0. The molecule has 19 heavy (non-hydrogen) atoms. The maximum atomic E-state index is 12.9. The van der Waals surface area contributed by atoms with E-state index in [-0.39, 0.29) is 17.8 Å². The Balaban J connectivity index is 2.02. The van der Waals surface area contributed by atoms with Crippen LogP contribution in [0.4, 0.5) is 4.39 Å². The van der Waals surface area contributed by atoms with Gasteiger partial charge in [-0.05, 0) is 49.4 Å². The Morgan fingerprint density at radius 1 is 1.32 bits per heavy atom. The Bertz CT molecular complexity index is 437. The quantitative estimate of drug-likeness (QED) is 0.809. The van der Waals surface area contributed by atoms with E-state index < -0.39 is 0 Å². The van der Waals surface area contributed by atoms with E-state index in [1.165, 1.54) is 25.0 Å².